The van der Waals surface area contributed by atoms with Gasteiger partial charge in [0.2, 0.25) is 5.91 Å². The Balaban J connectivity index is 3.76. The third-order valence-corrected chi connectivity index (χ3v) is 1.53. The molecule has 6 heteroatoms. The molecule has 0 aliphatic heterocycles. The largest absolute Gasteiger partial charge is 0.390 e. The molecule has 0 saturated heterocycles. The maximum Gasteiger partial charge on any atom is 0.287 e. The van der Waals surface area contributed by atoms with Crippen LogP contribution in [0.25, 0.3) is 0 Å². The second-order valence-electron chi connectivity index (χ2n) is 2.35. The molecule has 1 atom stereocenters. The molecule has 2 N–H and O–H groups in total. The van der Waals surface area contributed by atoms with Gasteiger partial charge in [0, 0.05) is 0 Å². The molecule has 0 rings (SSSR count). The average molecular weight is 246 g/mol. The Morgan fingerprint density at radius 1 is 1.75 bits per heavy atom. The summed E-state index contributed by atoms with van der Waals surface area (Å²) in [6.45, 7) is -0.575. The van der Waals surface area contributed by atoms with E-state index in [9.17, 15) is 13.6 Å². The highest BCUT2D eigenvalue weighted by Crippen LogP contribution is 2.10. The summed E-state index contributed by atoms with van der Waals surface area (Å²) in [7, 11) is 0. The van der Waals surface area contributed by atoms with E-state index in [-0.39, 0.29) is 0 Å². The molecule has 1 unspecified atom stereocenters. The van der Waals surface area contributed by atoms with Gasteiger partial charge in [-0.3, -0.25) is 4.79 Å². The van der Waals surface area contributed by atoms with Crippen LogP contribution < -0.4 is 5.32 Å². The Hall–Kier alpha value is -0.230. The van der Waals surface area contributed by atoms with Crippen molar-refractivity contribution in [1.29, 1.82) is 0 Å². The van der Waals surface area contributed by atoms with Crippen LogP contribution >= 0.6 is 15.9 Å². The van der Waals surface area contributed by atoms with Crippen molar-refractivity contribution >= 4 is 21.8 Å². The Kier molecular flexibility index (Phi) is 4.62. The number of hydrogen-bond acceptors (Lipinski definition) is 2. The molecule has 0 heterocycles. The lowest BCUT2D eigenvalue weighted by Crippen LogP contribution is -2.41. The van der Waals surface area contributed by atoms with Crippen molar-refractivity contribution in [3.05, 3.63) is 0 Å². The number of aliphatic hydroxyl groups excluding tert-OH is 1. The number of nitrogens with one attached hydrogen (secondary N) is 1. The maximum atomic E-state index is 12.3. The van der Waals surface area contributed by atoms with Gasteiger partial charge in [-0.1, -0.05) is 15.9 Å². The molecule has 0 aliphatic rings. The third kappa shape index (κ3) is 4.61. The van der Waals surface area contributed by atoms with Crippen molar-refractivity contribution in [2.24, 2.45) is 0 Å². The minimum Gasteiger partial charge on any atom is -0.390 e. The molecule has 0 fully saturated rings. The number of carbonyl (C=O) groups is 1. The van der Waals surface area contributed by atoms with Gasteiger partial charge in [-0.15, -0.1) is 0 Å². The summed E-state index contributed by atoms with van der Waals surface area (Å²) in [5.41, 5.74) is 0. The lowest BCUT2D eigenvalue weighted by molar-refractivity contribution is -0.123. The minimum absolute atomic E-state index is 0.507. The number of carbonyl (C=O) groups excluding carboxylic acids is 1. The second kappa shape index (κ2) is 4.71. The molecule has 0 spiro atoms. The summed E-state index contributed by atoms with van der Waals surface area (Å²) in [6, 6.07) is 0. The molecule has 72 valence electrons. The molecule has 0 aliphatic carbocycles. The number of alkyl halides is 3. The van der Waals surface area contributed by atoms with Gasteiger partial charge in [-0.25, -0.2) is 8.78 Å². The topological polar surface area (TPSA) is 49.3 Å². The van der Waals surface area contributed by atoms with Gasteiger partial charge in [0.25, 0.3) is 5.92 Å². The van der Waals surface area contributed by atoms with E-state index >= 15 is 0 Å². The first-order valence-electron chi connectivity index (χ1n) is 3.29. The van der Waals surface area contributed by atoms with Crippen molar-refractivity contribution < 1.29 is 18.7 Å². The molecule has 0 saturated carbocycles. The predicted octanol–water partition coefficient (Wildman–Crippen LogP) is 0.514. The van der Waals surface area contributed by atoms with E-state index in [1.807, 2.05) is 5.32 Å². The van der Waals surface area contributed by atoms with Crippen molar-refractivity contribution in [3.8, 4) is 0 Å². The van der Waals surface area contributed by atoms with Gasteiger partial charge in [0.1, 0.15) is 6.61 Å². The monoisotopic (exact) mass is 245 g/mol. The summed E-state index contributed by atoms with van der Waals surface area (Å²) >= 11 is 2.91. The lowest BCUT2D eigenvalue weighted by atomic mass is 10.3. The molecule has 0 radical (unpaired) electrons. The first-order chi connectivity index (χ1) is 5.39. The summed E-state index contributed by atoms with van der Waals surface area (Å²) in [5, 5.41) is 10.1. The van der Waals surface area contributed by atoms with Crippen LogP contribution in [0.3, 0.4) is 0 Å². The number of amides is 1. The van der Waals surface area contributed by atoms with Crippen LogP contribution in [0.15, 0.2) is 0 Å². The van der Waals surface area contributed by atoms with E-state index in [0.29, 0.717) is 0 Å². The summed E-state index contributed by atoms with van der Waals surface area (Å²) in [5.74, 6) is -3.76. The first-order valence-corrected chi connectivity index (χ1v) is 4.21. The van der Waals surface area contributed by atoms with Crippen LogP contribution in [0.2, 0.25) is 0 Å². The number of halogens is 3. The predicted molar refractivity (Wildman–Crippen MR) is 43.4 cm³/mol. The van der Waals surface area contributed by atoms with Gasteiger partial charge in [0.15, 0.2) is 0 Å². The van der Waals surface area contributed by atoms with E-state index in [1.165, 1.54) is 6.92 Å². The molecule has 0 aromatic rings. The van der Waals surface area contributed by atoms with Gasteiger partial charge in [0.05, 0.1) is 11.4 Å². The fourth-order valence-electron chi connectivity index (χ4n) is 0.413. The highest BCUT2D eigenvalue weighted by molar-refractivity contribution is 9.10. The third-order valence-electron chi connectivity index (χ3n) is 1.11. The van der Waals surface area contributed by atoms with E-state index < -0.39 is 29.8 Å². The van der Waals surface area contributed by atoms with Crippen LogP contribution in [0, 0.1) is 0 Å². The molecule has 0 aromatic carbocycles. The van der Waals surface area contributed by atoms with E-state index in [4.69, 9.17) is 5.11 Å². The van der Waals surface area contributed by atoms with Crippen LogP contribution in [0.5, 0.6) is 0 Å². The fourth-order valence-corrected chi connectivity index (χ4v) is 0.575. The second-order valence-corrected chi connectivity index (χ2v) is 3.72. The molecular weight excluding hydrogens is 236 g/mol. The smallest absolute Gasteiger partial charge is 0.287 e. The van der Waals surface area contributed by atoms with Crippen molar-refractivity contribution in [2.45, 2.75) is 17.7 Å². The molecule has 0 aromatic heterocycles. The molecule has 3 nitrogen and oxygen atoms in total. The number of rotatable bonds is 4. The van der Waals surface area contributed by atoms with Gasteiger partial charge >= 0.3 is 0 Å². The van der Waals surface area contributed by atoms with Gasteiger partial charge in [-0.2, -0.15) is 0 Å². The van der Waals surface area contributed by atoms with E-state index in [0.717, 1.165) is 0 Å². The average Bonchev–Trinajstić information content (AvgIpc) is 2.00. The van der Waals surface area contributed by atoms with Gasteiger partial charge < -0.3 is 10.4 Å². The molecular formula is C6H10BrF2NO2. The van der Waals surface area contributed by atoms with Crippen molar-refractivity contribution in [1.82, 2.24) is 5.32 Å². The van der Waals surface area contributed by atoms with E-state index in [1.54, 1.807) is 0 Å². The zero-order chi connectivity index (χ0) is 9.78. The SMILES string of the molecule is CC(Br)C(=O)NCC(F)(F)CO. The first kappa shape index (κ1) is 11.8. The van der Waals surface area contributed by atoms with Crippen molar-refractivity contribution in [2.75, 3.05) is 13.2 Å². The van der Waals surface area contributed by atoms with Crippen molar-refractivity contribution in [3.63, 3.8) is 0 Å². The summed E-state index contributed by atoms with van der Waals surface area (Å²) in [4.78, 5) is 10.2. The summed E-state index contributed by atoms with van der Waals surface area (Å²) < 4.78 is 24.6. The maximum absolute atomic E-state index is 12.3. The Morgan fingerprint density at radius 3 is 2.58 bits per heavy atom. The van der Waals surface area contributed by atoms with Crippen LogP contribution in [0.4, 0.5) is 8.78 Å². The Labute approximate surface area is 77.3 Å². The quantitative estimate of drug-likeness (QED) is 0.710. The minimum atomic E-state index is -3.24. The Morgan fingerprint density at radius 2 is 2.25 bits per heavy atom. The molecule has 0 bridgehead atoms. The summed E-state index contributed by atoms with van der Waals surface area (Å²) in [6.07, 6.45) is 0. The fraction of sp³-hybridized carbons (Fsp3) is 0.833. The van der Waals surface area contributed by atoms with Crippen LogP contribution in [0.1, 0.15) is 6.92 Å². The normalized spacial score (nSPS) is 14.1. The van der Waals surface area contributed by atoms with Crippen LogP contribution in [-0.4, -0.2) is 34.9 Å². The molecule has 1 amide bonds. The highest BCUT2D eigenvalue weighted by Gasteiger charge is 2.28. The van der Waals surface area contributed by atoms with E-state index in [2.05, 4.69) is 15.9 Å². The molecule has 12 heavy (non-hydrogen) atoms. The number of hydrogen-bond donors (Lipinski definition) is 2. The zero-order valence-electron chi connectivity index (χ0n) is 6.48. The van der Waals surface area contributed by atoms with Crippen LogP contribution in [-0.2, 0) is 4.79 Å². The highest BCUT2D eigenvalue weighted by atomic mass is 79.9. The standard InChI is InChI=1S/C6H10BrF2NO2/c1-4(7)5(12)10-2-6(8,9)3-11/h4,11H,2-3H2,1H3,(H,10,12). The van der Waals surface area contributed by atoms with Gasteiger partial charge in [-0.05, 0) is 6.92 Å². The number of aliphatic hydroxyl groups is 1. The lowest BCUT2D eigenvalue weighted by Gasteiger charge is -2.14. The zero-order valence-corrected chi connectivity index (χ0v) is 8.07. The Bertz CT molecular complexity index is 164.